The van der Waals surface area contributed by atoms with Gasteiger partial charge < -0.3 is 10.6 Å². The van der Waals surface area contributed by atoms with E-state index in [1.54, 1.807) is 14.0 Å². The average Bonchev–Trinajstić information content (AvgIpc) is 2.86. The molecule has 9 nitrogen and oxygen atoms in total. The highest BCUT2D eigenvalue weighted by Crippen LogP contribution is 2.08. The summed E-state index contributed by atoms with van der Waals surface area (Å²) in [5.41, 5.74) is 5.41. The number of nitrogen functional groups attached to an aromatic ring is 1. The molecule has 0 atom stereocenters. The minimum atomic E-state index is -0.397. The molecule has 90 valence electrons. The van der Waals surface area contributed by atoms with E-state index in [0.717, 1.165) is 0 Å². The van der Waals surface area contributed by atoms with Gasteiger partial charge in [-0.2, -0.15) is 5.10 Å². The molecule has 0 aliphatic heterocycles. The summed E-state index contributed by atoms with van der Waals surface area (Å²) in [6.45, 7) is 2.02. The Balaban J connectivity index is 2.08. The van der Waals surface area contributed by atoms with Gasteiger partial charge in [0, 0.05) is 7.05 Å². The number of amides is 1. The van der Waals surface area contributed by atoms with Gasteiger partial charge >= 0.3 is 0 Å². The number of nitrogens with one attached hydrogen (secondary N) is 1. The SMILES string of the molecule is Cc1nc(CN(C)C(=O)c2nonc2N)n[nH]1. The van der Waals surface area contributed by atoms with Crippen molar-refractivity contribution in [2.24, 2.45) is 0 Å². The maximum Gasteiger partial charge on any atom is 0.280 e. The lowest BCUT2D eigenvalue weighted by molar-refractivity contribution is 0.0771. The van der Waals surface area contributed by atoms with Crippen LogP contribution >= 0.6 is 0 Å². The number of carbonyl (C=O) groups excluding carboxylic acids is 1. The predicted octanol–water partition coefficient (Wildman–Crippen LogP) is -0.649. The number of aromatic nitrogens is 5. The van der Waals surface area contributed by atoms with Gasteiger partial charge in [-0.25, -0.2) is 9.61 Å². The summed E-state index contributed by atoms with van der Waals surface area (Å²) < 4.78 is 4.36. The molecule has 0 aliphatic carbocycles. The second-order valence-electron chi connectivity index (χ2n) is 3.50. The van der Waals surface area contributed by atoms with Crippen molar-refractivity contribution < 1.29 is 9.42 Å². The van der Waals surface area contributed by atoms with Crippen molar-refractivity contribution in [2.45, 2.75) is 13.5 Å². The molecule has 0 fully saturated rings. The lowest BCUT2D eigenvalue weighted by atomic mass is 10.3. The third kappa shape index (κ3) is 2.22. The van der Waals surface area contributed by atoms with Crippen LogP contribution in [0.5, 0.6) is 0 Å². The zero-order valence-electron chi connectivity index (χ0n) is 9.34. The van der Waals surface area contributed by atoms with Crippen molar-refractivity contribution in [2.75, 3.05) is 12.8 Å². The molecule has 17 heavy (non-hydrogen) atoms. The third-order valence-corrected chi connectivity index (χ3v) is 2.09. The second kappa shape index (κ2) is 4.20. The Morgan fingerprint density at radius 2 is 2.29 bits per heavy atom. The summed E-state index contributed by atoms with van der Waals surface area (Å²) in [5, 5.41) is 13.4. The molecule has 2 rings (SSSR count). The number of rotatable bonds is 3. The van der Waals surface area contributed by atoms with Gasteiger partial charge in [0.25, 0.3) is 5.91 Å². The summed E-state index contributed by atoms with van der Waals surface area (Å²) in [4.78, 5) is 17.3. The van der Waals surface area contributed by atoms with Gasteiger partial charge in [0.15, 0.2) is 5.82 Å². The van der Waals surface area contributed by atoms with E-state index in [1.807, 2.05) is 0 Å². The van der Waals surface area contributed by atoms with E-state index >= 15 is 0 Å². The smallest absolute Gasteiger partial charge is 0.280 e. The summed E-state index contributed by atoms with van der Waals surface area (Å²) in [6.07, 6.45) is 0. The normalized spacial score (nSPS) is 10.5. The molecule has 2 aromatic rings. The molecule has 1 amide bonds. The number of H-pyrrole nitrogens is 1. The van der Waals surface area contributed by atoms with Crippen molar-refractivity contribution in [3.05, 3.63) is 17.3 Å². The Hall–Kier alpha value is -2.45. The van der Waals surface area contributed by atoms with E-state index < -0.39 is 5.91 Å². The number of aryl methyl sites for hydroxylation is 1. The van der Waals surface area contributed by atoms with E-state index in [0.29, 0.717) is 11.6 Å². The fraction of sp³-hybridized carbons (Fsp3) is 0.375. The number of nitrogens with two attached hydrogens (primary N) is 1. The Labute approximate surface area is 96.0 Å². The standard InChI is InChI=1S/C8H11N7O2/c1-4-10-5(12-11-4)3-15(2)8(16)6-7(9)14-17-13-6/h3H2,1-2H3,(H2,9,14)(H,10,11,12). The minimum Gasteiger partial charge on any atom is -0.379 e. The monoisotopic (exact) mass is 237 g/mol. The topological polar surface area (TPSA) is 127 Å². The number of hydrogen-bond acceptors (Lipinski definition) is 7. The Morgan fingerprint density at radius 1 is 1.53 bits per heavy atom. The molecular weight excluding hydrogens is 226 g/mol. The number of aromatic amines is 1. The number of carbonyl (C=O) groups is 1. The van der Waals surface area contributed by atoms with Crippen LogP contribution in [0.15, 0.2) is 4.63 Å². The van der Waals surface area contributed by atoms with Gasteiger partial charge in [0.05, 0.1) is 6.54 Å². The largest absolute Gasteiger partial charge is 0.379 e. The Bertz CT molecular complexity index is 531. The molecule has 9 heteroatoms. The van der Waals surface area contributed by atoms with Crippen molar-refractivity contribution in [3.8, 4) is 0 Å². The quantitative estimate of drug-likeness (QED) is 0.726. The minimum absolute atomic E-state index is 0.0141. The van der Waals surface area contributed by atoms with Crippen LogP contribution in [0.1, 0.15) is 22.1 Å². The van der Waals surface area contributed by atoms with Gasteiger partial charge in [-0.05, 0) is 17.2 Å². The van der Waals surface area contributed by atoms with Gasteiger partial charge in [-0.1, -0.05) is 0 Å². The molecule has 3 N–H and O–H groups in total. The second-order valence-corrected chi connectivity index (χ2v) is 3.50. The van der Waals surface area contributed by atoms with E-state index in [9.17, 15) is 4.79 Å². The summed E-state index contributed by atoms with van der Waals surface area (Å²) >= 11 is 0. The van der Waals surface area contributed by atoms with Crippen LogP contribution in [0.4, 0.5) is 5.82 Å². The van der Waals surface area contributed by atoms with Crippen molar-refractivity contribution in [1.82, 2.24) is 30.4 Å². The Kier molecular flexibility index (Phi) is 2.73. The molecule has 0 radical (unpaired) electrons. The van der Waals surface area contributed by atoms with Crippen LogP contribution in [0, 0.1) is 6.92 Å². The highest BCUT2D eigenvalue weighted by molar-refractivity contribution is 5.95. The highest BCUT2D eigenvalue weighted by atomic mass is 16.6. The fourth-order valence-electron chi connectivity index (χ4n) is 1.27. The van der Waals surface area contributed by atoms with Crippen molar-refractivity contribution in [1.29, 1.82) is 0 Å². The van der Waals surface area contributed by atoms with Crippen LogP contribution in [0.2, 0.25) is 0 Å². The molecule has 0 saturated heterocycles. The zero-order valence-corrected chi connectivity index (χ0v) is 9.34. The lowest BCUT2D eigenvalue weighted by Gasteiger charge is -2.12. The number of hydrogen-bond donors (Lipinski definition) is 2. The van der Waals surface area contributed by atoms with Crippen LogP contribution in [0.3, 0.4) is 0 Å². The first-order valence-electron chi connectivity index (χ1n) is 4.79. The zero-order chi connectivity index (χ0) is 12.4. The van der Waals surface area contributed by atoms with Gasteiger partial charge in [0.2, 0.25) is 11.5 Å². The van der Waals surface area contributed by atoms with E-state index in [1.165, 1.54) is 4.90 Å². The molecule has 2 heterocycles. The maximum absolute atomic E-state index is 11.9. The van der Waals surface area contributed by atoms with E-state index in [4.69, 9.17) is 5.73 Å². The molecule has 0 unspecified atom stereocenters. The summed E-state index contributed by atoms with van der Waals surface area (Å²) in [5.74, 6) is 0.760. The highest BCUT2D eigenvalue weighted by Gasteiger charge is 2.21. The fourth-order valence-corrected chi connectivity index (χ4v) is 1.27. The molecule has 2 aromatic heterocycles. The van der Waals surface area contributed by atoms with Crippen LogP contribution in [0.25, 0.3) is 0 Å². The van der Waals surface area contributed by atoms with Crippen LogP contribution < -0.4 is 5.73 Å². The van der Waals surface area contributed by atoms with Gasteiger partial charge in [-0.15, -0.1) is 0 Å². The van der Waals surface area contributed by atoms with Gasteiger partial charge in [-0.3, -0.25) is 9.89 Å². The van der Waals surface area contributed by atoms with E-state index in [2.05, 4.69) is 30.1 Å². The molecule has 0 aliphatic rings. The first-order chi connectivity index (χ1) is 8.08. The Morgan fingerprint density at radius 3 is 2.82 bits per heavy atom. The van der Waals surface area contributed by atoms with Crippen molar-refractivity contribution >= 4 is 11.7 Å². The molecule has 0 saturated carbocycles. The molecule has 0 spiro atoms. The lowest BCUT2D eigenvalue weighted by Crippen LogP contribution is -2.27. The summed E-state index contributed by atoms with van der Waals surface area (Å²) in [6, 6.07) is 0. The van der Waals surface area contributed by atoms with Gasteiger partial charge in [0.1, 0.15) is 5.82 Å². The summed E-state index contributed by atoms with van der Waals surface area (Å²) in [7, 11) is 1.59. The van der Waals surface area contributed by atoms with E-state index in [-0.39, 0.29) is 18.1 Å². The predicted molar refractivity (Wildman–Crippen MR) is 55.6 cm³/mol. The molecule has 0 bridgehead atoms. The van der Waals surface area contributed by atoms with Crippen LogP contribution in [-0.4, -0.2) is 43.3 Å². The average molecular weight is 237 g/mol. The molecular formula is C8H11N7O2. The number of nitrogens with zero attached hydrogens (tertiary/aromatic N) is 5. The molecule has 0 aromatic carbocycles. The first kappa shape index (κ1) is 11.0. The van der Waals surface area contributed by atoms with Crippen molar-refractivity contribution in [3.63, 3.8) is 0 Å². The maximum atomic E-state index is 11.9. The first-order valence-corrected chi connectivity index (χ1v) is 4.79. The van der Waals surface area contributed by atoms with Crippen LogP contribution in [-0.2, 0) is 6.54 Å². The third-order valence-electron chi connectivity index (χ3n) is 2.09. The number of anilines is 1.